The van der Waals surface area contributed by atoms with Crippen LogP contribution in [0.25, 0.3) is 0 Å². The SMILES string of the molecule is O=C(CI)Nc1c(I)cc(I)cc1I. The van der Waals surface area contributed by atoms with Gasteiger partial charge in [0.2, 0.25) is 5.91 Å². The van der Waals surface area contributed by atoms with Crippen LogP contribution in [0.4, 0.5) is 5.69 Å². The van der Waals surface area contributed by atoms with E-state index in [9.17, 15) is 4.79 Å². The highest BCUT2D eigenvalue weighted by Gasteiger charge is 2.08. The Morgan fingerprint density at radius 3 is 2.14 bits per heavy atom. The first kappa shape index (κ1) is 13.7. The highest BCUT2D eigenvalue weighted by molar-refractivity contribution is 14.1. The molecule has 6 heteroatoms. The second-order valence-electron chi connectivity index (χ2n) is 2.43. The topological polar surface area (TPSA) is 29.1 Å². The molecule has 0 fully saturated rings. The Morgan fingerprint density at radius 2 is 1.71 bits per heavy atom. The Morgan fingerprint density at radius 1 is 1.21 bits per heavy atom. The Balaban J connectivity index is 3.02. The van der Waals surface area contributed by atoms with E-state index in [0.29, 0.717) is 4.43 Å². The van der Waals surface area contributed by atoms with Gasteiger partial charge in [-0.1, -0.05) is 22.6 Å². The number of hydrogen-bond acceptors (Lipinski definition) is 1. The van der Waals surface area contributed by atoms with Gasteiger partial charge in [-0.2, -0.15) is 0 Å². The molecule has 1 aromatic carbocycles. The summed E-state index contributed by atoms with van der Waals surface area (Å²) in [6, 6.07) is 4.10. The number of carbonyl (C=O) groups is 1. The van der Waals surface area contributed by atoms with Gasteiger partial charge in [0.15, 0.2) is 0 Å². The quantitative estimate of drug-likeness (QED) is 0.387. The number of benzene rings is 1. The molecular formula is C8H5I4NO. The minimum absolute atomic E-state index is 0.0441. The molecule has 0 spiro atoms. The van der Waals surface area contributed by atoms with Crippen LogP contribution < -0.4 is 5.32 Å². The molecule has 0 aromatic heterocycles. The van der Waals surface area contributed by atoms with Crippen molar-refractivity contribution in [1.29, 1.82) is 0 Å². The lowest BCUT2D eigenvalue weighted by Crippen LogP contribution is -2.14. The maximum absolute atomic E-state index is 11.2. The zero-order valence-electron chi connectivity index (χ0n) is 6.78. The maximum atomic E-state index is 11.2. The second kappa shape index (κ2) is 6.37. The standard InChI is InChI=1S/C8H5I4NO/c9-3-7(14)13-8-5(11)1-4(10)2-6(8)12/h1-2H,3H2,(H,13,14). The van der Waals surface area contributed by atoms with Crippen molar-refractivity contribution in [3.8, 4) is 0 Å². The molecule has 0 aliphatic rings. The molecule has 1 aromatic rings. The van der Waals surface area contributed by atoms with Gasteiger partial charge < -0.3 is 5.32 Å². The molecule has 1 rings (SSSR count). The van der Waals surface area contributed by atoms with Crippen LogP contribution >= 0.6 is 90.4 Å². The van der Waals surface area contributed by atoms with E-state index in [1.807, 2.05) is 12.1 Å². The zero-order valence-corrected chi connectivity index (χ0v) is 15.4. The third kappa shape index (κ3) is 3.88. The van der Waals surface area contributed by atoms with E-state index >= 15 is 0 Å². The first-order chi connectivity index (χ1) is 6.54. The summed E-state index contributed by atoms with van der Waals surface area (Å²) in [5, 5.41) is 2.89. The molecule has 0 saturated carbocycles. The number of alkyl halides is 1. The molecule has 76 valence electrons. The van der Waals surface area contributed by atoms with E-state index in [4.69, 9.17) is 0 Å². The number of rotatable bonds is 2. The fraction of sp³-hybridized carbons (Fsp3) is 0.125. The van der Waals surface area contributed by atoms with Crippen molar-refractivity contribution in [1.82, 2.24) is 0 Å². The van der Waals surface area contributed by atoms with E-state index in [1.165, 1.54) is 3.57 Å². The van der Waals surface area contributed by atoms with Gasteiger partial charge in [0.05, 0.1) is 10.1 Å². The summed E-state index contributed by atoms with van der Waals surface area (Å²) in [7, 11) is 0. The van der Waals surface area contributed by atoms with Crippen molar-refractivity contribution in [2.24, 2.45) is 0 Å². The maximum Gasteiger partial charge on any atom is 0.234 e. The number of amides is 1. The van der Waals surface area contributed by atoms with Gasteiger partial charge in [-0.15, -0.1) is 0 Å². The second-order valence-corrected chi connectivity index (χ2v) is 6.76. The number of hydrogen-bond donors (Lipinski definition) is 1. The van der Waals surface area contributed by atoms with E-state index in [1.54, 1.807) is 0 Å². The van der Waals surface area contributed by atoms with Crippen molar-refractivity contribution >= 4 is 102 Å². The fourth-order valence-electron chi connectivity index (χ4n) is 0.834. The van der Waals surface area contributed by atoms with Crippen molar-refractivity contribution in [3.63, 3.8) is 0 Å². The van der Waals surface area contributed by atoms with Gasteiger partial charge in [-0.25, -0.2) is 0 Å². The van der Waals surface area contributed by atoms with Crippen LogP contribution in [0.1, 0.15) is 0 Å². The predicted octanol–water partition coefficient (Wildman–Crippen LogP) is 3.87. The smallest absolute Gasteiger partial charge is 0.234 e. The molecule has 0 aliphatic carbocycles. The molecule has 0 bridgehead atoms. The van der Waals surface area contributed by atoms with Crippen LogP contribution in [0.5, 0.6) is 0 Å². The molecular weight excluding hydrogens is 634 g/mol. The molecule has 2 nitrogen and oxygen atoms in total. The van der Waals surface area contributed by atoms with Crippen molar-refractivity contribution in [3.05, 3.63) is 22.8 Å². The minimum atomic E-state index is 0.0441. The van der Waals surface area contributed by atoms with Gasteiger partial charge in [-0.05, 0) is 79.9 Å². The molecule has 1 amide bonds. The Kier molecular flexibility index (Phi) is 6.22. The highest BCUT2D eigenvalue weighted by atomic mass is 127. The number of carbonyl (C=O) groups excluding carboxylic acids is 1. The molecule has 0 radical (unpaired) electrons. The van der Waals surface area contributed by atoms with Crippen LogP contribution in [0.2, 0.25) is 0 Å². The van der Waals surface area contributed by atoms with Crippen LogP contribution in [-0.2, 0) is 4.79 Å². The lowest BCUT2D eigenvalue weighted by Gasteiger charge is -2.09. The minimum Gasteiger partial charge on any atom is -0.324 e. The monoisotopic (exact) mass is 639 g/mol. The van der Waals surface area contributed by atoms with Gasteiger partial charge in [-0.3, -0.25) is 4.79 Å². The van der Waals surface area contributed by atoms with E-state index in [2.05, 4.69) is 95.7 Å². The molecule has 0 heterocycles. The van der Waals surface area contributed by atoms with Crippen LogP contribution in [0, 0.1) is 10.7 Å². The molecule has 1 N–H and O–H groups in total. The summed E-state index contributed by atoms with van der Waals surface area (Å²) in [6.45, 7) is 0. The first-order valence-electron chi connectivity index (χ1n) is 3.55. The Hall–Kier alpha value is 1.61. The highest BCUT2D eigenvalue weighted by Crippen LogP contribution is 2.27. The zero-order chi connectivity index (χ0) is 10.7. The molecule has 0 unspecified atom stereocenters. The van der Waals surface area contributed by atoms with Crippen LogP contribution in [-0.4, -0.2) is 10.3 Å². The first-order valence-corrected chi connectivity index (χ1v) is 8.31. The van der Waals surface area contributed by atoms with E-state index in [-0.39, 0.29) is 5.91 Å². The van der Waals surface area contributed by atoms with Crippen molar-refractivity contribution in [2.45, 2.75) is 0 Å². The predicted molar refractivity (Wildman–Crippen MR) is 92.1 cm³/mol. The Bertz CT molecular complexity index is 343. The summed E-state index contributed by atoms with van der Waals surface area (Å²) in [4.78, 5) is 11.2. The number of nitrogens with one attached hydrogen (secondary N) is 1. The normalized spacial score (nSPS) is 10.0. The summed E-state index contributed by atoms with van der Waals surface area (Å²) < 4.78 is 3.83. The van der Waals surface area contributed by atoms with E-state index in [0.717, 1.165) is 12.8 Å². The average molecular weight is 639 g/mol. The fourth-order valence-corrected chi connectivity index (χ4v) is 4.88. The molecule has 0 saturated heterocycles. The summed E-state index contributed by atoms with van der Waals surface area (Å²) in [6.07, 6.45) is 0. The van der Waals surface area contributed by atoms with Gasteiger partial charge in [0, 0.05) is 10.7 Å². The number of halogens is 4. The van der Waals surface area contributed by atoms with Gasteiger partial charge in [0.25, 0.3) is 0 Å². The lowest BCUT2D eigenvalue weighted by molar-refractivity contribution is -0.113. The largest absolute Gasteiger partial charge is 0.324 e. The average Bonchev–Trinajstić information content (AvgIpc) is 2.10. The summed E-state index contributed by atoms with van der Waals surface area (Å²) in [5.41, 5.74) is 0.924. The molecule has 14 heavy (non-hydrogen) atoms. The lowest BCUT2D eigenvalue weighted by atomic mass is 10.3. The van der Waals surface area contributed by atoms with Crippen molar-refractivity contribution in [2.75, 3.05) is 9.74 Å². The summed E-state index contributed by atoms with van der Waals surface area (Å²) >= 11 is 8.79. The molecule has 0 aliphatic heterocycles. The van der Waals surface area contributed by atoms with E-state index < -0.39 is 0 Å². The number of anilines is 1. The third-order valence-corrected chi connectivity index (χ3v) is 4.41. The van der Waals surface area contributed by atoms with Gasteiger partial charge >= 0.3 is 0 Å². The van der Waals surface area contributed by atoms with Gasteiger partial charge in [0.1, 0.15) is 0 Å². The van der Waals surface area contributed by atoms with Crippen molar-refractivity contribution < 1.29 is 4.79 Å². The Labute approximate surface area is 137 Å². The molecule has 0 atom stereocenters. The summed E-state index contributed by atoms with van der Waals surface area (Å²) in [5.74, 6) is 0.0441. The van der Waals surface area contributed by atoms with Crippen LogP contribution in [0.3, 0.4) is 0 Å². The van der Waals surface area contributed by atoms with Crippen LogP contribution in [0.15, 0.2) is 12.1 Å². The third-order valence-electron chi connectivity index (χ3n) is 1.39.